The van der Waals surface area contributed by atoms with Gasteiger partial charge >= 0.3 is 29.6 Å². The zero-order chi connectivity index (χ0) is 28.9. The second-order valence-electron chi connectivity index (χ2n) is 8.14. The third-order valence-electron chi connectivity index (χ3n) is 5.24. The maximum atomic E-state index is 12.1. The molecule has 0 aliphatic carbocycles. The van der Waals surface area contributed by atoms with Gasteiger partial charge in [0, 0.05) is 0 Å². The van der Waals surface area contributed by atoms with E-state index in [1.807, 2.05) is 0 Å². The van der Waals surface area contributed by atoms with Crippen LogP contribution in [0.15, 0.2) is 115 Å². The van der Waals surface area contributed by atoms with Gasteiger partial charge in [-0.15, -0.1) is 5.75 Å². The van der Waals surface area contributed by atoms with Crippen LogP contribution in [0.4, 0.5) is 22.7 Å². The van der Waals surface area contributed by atoms with E-state index in [9.17, 15) is 36.2 Å². The van der Waals surface area contributed by atoms with Crippen LogP contribution in [0.25, 0.3) is 12.2 Å². The third-order valence-corrected chi connectivity index (χ3v) is 7.06. The van der Waals surface area contributed by atoms with E-state index in [0.29, 0.717) is 11.4 Å². The van der Waals surface area contributed by atoms with Gasteiger partial charge in [0.25, 0.3) is 20.2 Å². The first kappa shape index (κ1) is 31.8. The van der Waals surface area contributed by atoms with E-state index in [1.165, 1.54) is 84.9 Å². The molecule has 0 aromatic heterocycles. The summed E-state index contributed by atoms with van der Waals surface area (Å²) >= 11 is 0. The van der Waals surface area contributed by atoms with Crippen LogP contribution >= 0.6 is 0 Å². The molecule has 0 unspecified atom stereocenters. The van der Waals surface area contributed by atoms with Crippen LogP contribution in [0.1, 0.15) is 11.1 Å². The molecule has 204 valence electrons. The molecule has 0 fully saturated rings. The Hall–Kier alpha value is -3.76. The van der Waals surface area contributed by atoms with Gasteiger partial charge in [-0.05, 0) is 71.8 Å². The molecule has 41 heavy (non-hydrogen) atoms. The fourth-order valence-corrected chi connectivity index (χ4v) is 4.74. The number of phenols is 1. The molecular weight excluding hydrogens is 583 g/mol. The average molecular weight is 603 g/mol. The molecule has 3 N–H and O–H groups in total. The van der Waals surface area contributed by atoms with Crippen molar-refractivity contribution in [2.24, 2.45) is 20.5 Å². The Morgan fingerprint density at radius 3 is 1.29 bits per heavy atom. The Morgan fingerprint density at radius 1 is 0.561 bits per heavy atom. The summed E-state index contributed by atoms with van der Waals surface area (Å²) in [6.07, 6.45) is 2.47. The second-order valence-corrected chi connectivity index (χ2v) is 10.9. The number of azo groups is 2. The van der Waals surface area contributed by atoms with Crippen molar-refractivity contribution in [1.82, 2.24) is 0 Å². The summed E-state index contributed by atoms with van der Waals surface area (Å²) in [5.74, 6) is -0.180. The zero-order valence-electron chi connectivity index (χ0n) is 21.2. The van der Waals surface area contributed by atoms with Crippen LogP contribution in [0, 0.1) is 0 Å². The van der Waals surface area contributed by atoms with Gasteiger partial charge in [-0.2, -0.15) is 37.3 Å². The molecule has 0 bridgehead atoms. The Morgan fingerprint density at radius 2 is 0.902 bits per heavy atom. The van der Waals surface area contributed by atoms with Gasteiger partial charge in [0.05, 0.1) is 22.7 Å². The number of benzene rings is 4. The smallest absolute Gasteiger partial charge is 0.872 e. The molecule has 0 heterocycles. The number of aromatic hydroxyl groups is 1. The van der Waals surface area contributed by atoms with Crippen molar-refractivity contribution in [2.45, 2.75) is 9.79 Å². The normalized spacial score (nSPS) is 12.2. The van der Waals surface area contributed by atoms with E-state index in [2.05, 4.69) is 20.5 Å². The number of phenolic OH excluding ortho intramolecular Hbond substituents is 1. The van der Waals surface area contributed by atoms with Gasteiger partial charge in [-0.3, -0.25) is 9.11 Å². The Balaban J connectivity index is 0.00000462. The molecular formula is C26H19N4NaO8S2. The van der Waals surface area contributed by atoms with Crippen molar-refractivity contribution < 1.29 is 65.7 Å². The summed E-state index contributed by atoms with van der Waals surface area (Å²) in [4.78, 5) is -1.04. The second kappa shape index (κ2) is 13.3. The quantitative estimate of drug-likeness (QED) is 0.118. The first-order valence-electron chi connectivity index (χ1n) is 11.2. The van der Waals surface area contributed by atoms with Crippen molar-refractivity contribution in [1.29, 1.82) is 0 Å². The van der Waals surface area contributed by atoms with E-state index >= 15 is 0 Å². The van der Waals surface area contributed by atoms with Gasteiger partial charge in [0.15, 0.2) is 0 Å². The van der Waals surface area contributed by atoms with Gasteiger partial charge in [-0.1, -0.05) is 36.4 Å². The van der Waals surface area contributed by atoms with Crippen LogP contribution in [-0.4, -0.2) is 31.0 Å². The number of rotatable bonds is 8. The van der Waals surface area contributed by atoms with E-state index in [1.54, 1.807) is 0 Å². The zero-order valence-corrected chi connectivity index (χ0v) is 24.9. The molecule has 12 nitrogen and oxygen atoms in total. The molecule has 15 heteroatoms. The molecule has 0 saturated carbocycles. The van der Waals surface area contributed by atoms with Crippen molar-refractivity contribution in [3.05, 3.63) is 96.1 Å². The Bertz CT molecular complexity index is 1720. The summed E-state index contributed by atoms with van der Waals surface area (Å²) in [6, 6.07) is 18.8. The monoisotopic (exact) mass is 602 g/mol. The van der Waals surface area contributed by atoms with Crippen LogP contribution in [-0.2, 0) is 20.2 Å². The van der Waals surface area contributed by atoms with E-state index < -0.39 is 30.0 Å². The minimum atomic E-state index is -4.74. The number of hydrogen-bond acceptors (Lipinski definition) is 10. The molecule has 0 radical (unpaired) electrons. The largest absolute Gasteiger partial charge is 1.00 e. The van der Waals surface area contributed by atoms with E-state index in [0.717, 1.165) is 12.1 Å². The molecule has 0 aliphatic rings. The summed E-state index contributed by atoms with van der Waals surface area (Å²) in [6.45, 7) is 0. The van der Waals surface area contributed by atoms with Gasteiger partial charge in [0.2, 0.25) is 0 Å². The van der Waals surface area contributed by atoms with E-state index in [4.69, 9.17) is 0 Å². The summed E-state index contributed by atoms with van der Waals surface area (Å²) < 4.78 is 67.7. The minimum Gasteiger partial charge on any atom is -0.872 e. The van der Waals surface area contributed by atoms with Crippen LogP contribution in [0.2, 0.25) is 0 Å². The molecule has 0 atom stereocenters. The standard InChI is InChI=1S/C26H20N4O8S2.Na/c31-23-11-7-19(8-12-23)27-29-21-5-3-17(25(15-21)39(33,34)35)1-2-18-4-6-22(16-26(18)40(36,37)38)30-28-20-9-13-24(32)14-10-20;/h1-16,31-32H,(H,33,34,35)(H,36,37,38);/q;+1/p-1/b2-1+,29-27?,30-28?;. The predicted molar refractivity (Wildman–Crippen MR) is 144 cm³/mol. The van der Waals surface area contributed by atoms with Crippen molar-refractivity contribution in [2.75, 3.05) is 0 Å². The topological polar surface area (TPSA) is 201 Å². The molecule has 4 aromatic carbocycles. The van der Waals surface area contributed by atoms with Crippen molar-refractivity contribution in [3.8, 4) is 11.5 Å². The van der Waals surface area contributed by atoms with Crippen LogP contribution in [0.3, 0.4) is 0 Å². The molecule has 4 rings (SSSR count). The third kappa shape index (κ3) is 8.86. The molecule has 4 aromatic rings. The Labute approximate surface area is 257 Å². The van der Waals surface area contributed by atoms with Crippen LogP contribution in [0.5, 0.6) is 11.5 Å². The fraction of sp³-hybridized carbons (Fsp3) is 0. The average Bonchev–Trinajstić information content (AvgIpc) is 2.90. The van der Waals surface area contributed by atoms with E-state index in [-0.39, 0.29) is 63.6 Å². The SMILES string of the molecule is O=S(=O)(O)c1cc(N=Nc2ccc([O-])cc2)ccc1/C=C/c1ccc(N=Nc2ccc(O)cc2)cc1S(=O)(=O)O.[Na+]. The molecule has 0 saturated heterocycles. The maximum absolute atomic E-state index is 12.1. The summed E-state index contributed by atoms with van der Waals surface area (Å²) in [5, 5.41) is 36.3. The number of nitrogens with zero attached hydrogens (tertiary/aromatic N) is 4. The van der Waals surface area contributed by atoms with Crippen molar-refractivity contribution >= 4 is 55.1 Å². The van der Waals surface area contributed by atoms with Gasteiger partial charge in [-0.25, -0.2) is 0 Å². The van der Waals surface area contributed by atoms with Crippen LogP contribution < -0.4 is 34.7 Å². The van der Waals surface area contributed by atoms with Gasteiger partial charge in [0.1, 0.15) is 15.5 Å². The first-order chi connectivity index (χ1) is 18.9. The molecule has 0 aliphatic heterocycles. The van der Waals surface area contributed by atoms with Gasteiger partial charge < -0.3 is 10.2 Å². The molecule has 0 spiro atoms. The predicted octanol–water partition coefficient (Wildman–Crippen LogP) is 2.96. The Kier molecular flexibility index (Phi) is 10.3. The summed E-state index contributed by atoms with van der Waals surface area (Å²) in [7, 11) is -9.47. The van der Waals surface area contributed by atoms with Crippen molar-refractivity contribution in [3.63, 3.8) is 0 Å². The summed E-state index contributed by atoms with van der Waals surface area (Å²) in [5.41, 5.74) is 0.901. The maximum Gasteiger partial charge on any atom is 1.00 e. The minimum absolute atomic E-state index is 0. The molecule has 0 amide bonds. The number of hydrogen-bond donors (Lipinski definition) is 3. The fourth-order valence-electron chi connectivity index (χ4n) is 3.34. The first-order valence-corrected chi connectivity index (χ1v) is 14.1.